The zero-order valence-electron chi connectivity index (χ0n) is 10.8. The van der Waals surface area contributed by atoms with Crippen molar-refractivity contribution < 1.29 is 19.7 Å². The molecule has 0 aliphatic rings. The summed E-state index contributed by atoms with van der Waals surface area (Å²) in [4.78, 5) is 0. The van der Waals surface area contributed by atoms with E-state index >= 15 is 0 Å². The van der Waals surface area contributed by atoms with Crippen LogP contribution in [-0.2, 0) is 9.47 Å². The minimum absolute atomic E-state index is 0.395. The number of hydrogen-bond acceptors (Lipinski definition) is 4. The van der Waals surface area contributed by atoms with Gasteiger partial charge in [0.2, 0.25) is 0 Å². The molecule has 0 aliphatic carbocycles. The molecule has 4 heteroatoms. The van der Waals surface area contributed by atoms with E-state index in [1.54, 1.807) is 0 Å². The Morgan fingerprint density at radius 2 is 1.06 bits per heavy atom. The van der Waals surface area contributed by atoms with Crippen molar-refractivity contribution >= 4 is 0 Å². The van der Waals surface area contributed by atoms with E-state index in [1.807, 2.05) is 27.7 Å². The third-order valence-electron chi connectivity index (χ3n) is 1.90. The zero-order chi connectivity index (χ0) is 12.6. The van der Waals surface area contributed by atoms with Crippen molar-refractivity contribution in [3.63, 3.8) is 0 Å². The summed E-state index contributed by atoms with van der Waals surface area (Å²) in [7, 11) is 0. The first-order valence-electron chi connectivity index (χ1n) is 6.01. The van der Waals surface area contributed by atoms with Gasteiger partial charge in [0.1, 0.15) is 0 Å². The van der Waals surface area contributed by atoms with Crippen molar-refractivity contribution in [2.24, 2.45) is 11.8 Å². The second-order valence-corrected chi connectivity index (χ2v) is 4.94. The number of hydrogen-bond donors (Lipinski definition) is 2. The maximum atomic E-state index is 9.44. The third-order valence-corrected chi connectivity index (χ3v) is 1.90. The van der Waals surface area contributed by atoms with Gasteiger partial charge in [-0.1, -0.05) is 27.7 Å². The third kappa shape index (κ3) is 10.4. The molecule has 0 rings (SSSR count). The van der Waals surface area contributed by atoms with Crippen molar-refractivity contribution in [2.75, 3.05) is 13.2 Å². The topological polar surface area (TPSA) is 58.9 Å². The molecule has 0 aliphatic heterocycles. The fourth-order valence-corrected chi connectivity index (χ4v) is 1.06. The molecule has 0 saturated heterocycles. The van der Waals surface area contributed by atoms with Crippen LogP contribution in [0.15, 0.2) is 0 Å². The van der Waals surface area contributed by atoms with E-state index in [9.17, 15) is 10.2 Å². The maximum absolute atomic E-state index is 9.44. The lowest BCUT2D eigenvalue weighted by atomic mass is 10.2. The average Bonchev–Trinajstić information content (AvgIpc) is 2.20. The monoisotopic (exact) mass is 234 g/mol. The van der Waals surface area contributed by atoms with Gasteiger partial charge in [-0.25, -0.2) is 0 Å². The van der Waals surface area contributed by atoms with Gasteiger partial charge in [-0.2, -0.15) is 0 Å². The summed E-state index contributed by atoms with van der Waals surface area (Å²) in [5.74, 6) is 0.800. The van der Waals surface area contributed by atoms with Crippen molar-refractivity contribution in [3.8, 4) is 0 Å². The van der Waals surface area contributed by atoms with Crippen LogP contribution in [0.5, 0.6) is 0 Å². The van der Waals surface area contributed by atoms with E-state index in [0.717, 1.165) is 0 Å². The summed E-state index contributed by atoms with van der Waals surface area (Å²) in [5.41, 5.74) is 0. The van der Waals surface area contributed by atoms with E-state index in [2.05, 4.69) is 0 Å². The van der Waals surface area contributed by atoms with Crippen molar-refractivity contribution in [3.05, 3.63) is 0 Å². The first-order chi connectivity index (χ1) is 7.41. The quantitative estimate of drug-likeness (QED) is 0.597. The standard InChI is InChI=1S/C12H26O4/c1-9(2)7-15-11(13)5-6-12(14)16-8-10(3)4/h9-14H,5-8H2,1-4H3. The molecule has 0 aromatic heterocycles. The molecule has 2 atom stereocenters. The van der Waals surface area contributed by atoms with E-state index in [0.29, 0.717) is 37.9 Å². The van der Waals surface area contributed by atoms with Gasteiger partial charge in [0.15, 0.2) is 12.6 Å². The Kier molecular flexibility index (Phi) is 8.84. The molecule has 4 nitrogen and oxygen atoms in total. The van der Waals surface area contributed by atoms with Crippen LogP contribution >= 0.6 is 0 Å². The second kappa shape index (κ2) is 8.93. The highest BCUT2D eigenvalue weighted by molar-refractivity contribution is 4.50. The van der Waals surface area contributed by atoms with E-state index in [4.69, 9.17) is 9.47 Å². The Morgan fingerprint density at radius 1 is 0.750 bits per heavy atom. The number of rotatable bonds is 9. The Balaban J connectivity index is 3.47. The fraction of sp³-hybridized carbons (Fsp3) is 1.00. The van der Waals surface area contributed by atoms with E-state index in [-0.39, 0.29) is 0 Å². The fourth-order valence-electron chi connectivity index (χ4n) is 1.06. The van der Waals surface area contributed by atoms with Gasteiger partial charge < -0.3 is 19.7 Å². The predicted octanol–water partition coefficient (Wildman–Crippen LogP) is 1.75. The largest absolute Gasteiger partial charge is 0.368 e. The molecule has 0 amide bonds. The molecular weight excluding hydrogens is 208 g/mol. The van der Waals surface area contributed by atoms with Crippen LogP contribution in [0.2, 0.25) is 0 Å². The van der Waals surface area contributed by atoms with Crippen molar-refractivity contribution in [2.45, 2.75) is 53.1 Å². The lowest BCUT2D eigenvalue weighted by molar-refractivity contribution is -0.146. The summed E-state index contributed by atoms with van der Waals surface area (Å²) >= 11 is 0. The van der Waals surface area contributed by atoms with Gasteiger partial charge in [-0.05, 0) is 11.8 Å². The van der Waals surface area contributed by atoms with Crippen molar-refractivity contribution in [1.82, 2.24) is 0 Å². The Labute approximate surface area is 98.6 Å². The number of ether oxygens (including phenoxy) is 2. The molecule has 0 heterocycles. The first kappa shape index (κ1) is 15.8. The summed E-state index contributed by atoms with van der Waals surface area (Å²) in [6.45, 7) is 9.15. The molecule has 0 bridgehead atoms. The molecule has 0 aromatic rings. The second-order valence-electron chi connectivity index (χ2n) is 4.94. The molecule has 0 saturated carbocycles. The van der Waals surface area contributed by atoms with Crippen LogP contribution in [-0.4, -0.2) is 36.0 Å². The Bertz CT molecular complexity index is 141. The van der Waals surface area contributed by atoms with Gasteiger partial charge in [0, 0.05) is 12.8 Å². The maximum Gasteiger partial charge on any atom is 0.154 e. The van der Waals surface area contributed by atoms with Crippen molar-refractivity contribution in [1.29, 1.82) is 0 Å². The summed E-state index contributed by atoms with van der Waals surface area (Å²) < 4.78 is 10.3. The smallest absolute Gasteiger partial charge is 0.154 e. The van der Waals surface area contributed by atoms with Gasteiger partial charge in [-0.3, -0.25) is 0 Å². The Morgan fingerprint density at radius 3 is 1.31 bits per heavy atom. The predicted molar refractivity (Wildman–Crippen MR) is 62.8 cm³/mol. The van der Waals surface area contributed by atoms with Crippen LogP contribution in [0.25, 0.3) is 0 Å². The van der Waals surface area contributed by atoms with Crippen LogP contribution < -0.4 is 0 Å². The summed E-state index contributed by atoms with van der Waals surface area (Å²) in [6.07, 6.45) is -0.822. The molecule has 2 unspecified atom stereocenters. The minimum atomic E-state index is -0.806. The van der Waals surface area contributed by atoms with Gasteiger partial charge in [0.25, 0.3) is 0 Å². The summed E-state index contributed by atoms with van der Waals surface area (Å²) in [6, 6.07) is 0. The zero-order valence-corrected chi connectivity index (χ0v) is 10.8. The molecule has 16 heavy (non-hydrogen) atoms. The van der Waals surface area contributed by atoms with Gasteiger partial charge in [-0.15, -0.1) is 0 Å². The normalized spacial score (nSPS) is 15.8. The molecular formula is C12H26O4. The van der Waals surface area contributed by atoms with Gasteiger partial charge in [0.05, 0.1) is 13.2 Å². The highest BCUT2D eigenvalue weighted by Crippen LogP contribution is 2.07. The lowest BCUT2D eigenvalue weighted by Gasteiger charge is -2.17. The Hall–Kier alpha value is -0.160. The number of aliphatic hydroxyl groups is 2. The average molecular weight is 234 g/mol. The van der Waals surface area contributed by atoms with Gasteiger partial charge >= 0.3 is 0 Å². The van der Waals surface area contributed by atoms with Crippen LogP contribution in [0.1, 0.15) is 40.5 Å². The molecule has 0 radical (unpaired) electrons. The lowest BCUT2D eigenvalue weighted by Crippen LogP contribution is -2.21. The molecule has 0 spiro atoms. The first-order valence-corrected chi connectivity index (χ1v) is 6.01. The summed E-state index contributed by atoms with van der Waals surface area (Å²) in [5, 5.41) is 18.9. The van der Waals surface area contributed by atoms with Crippen LogP contribution in [0.3, 0.4) is 0 Å². The SMILES string of the molecule is CC(C)COC(O)CCC(O)OCC(C)C. The minimum Gasteiger partial charge on any atom is -0.368 e. The highest BCUT2D eigenvalue weighted by atomic mass is 16.6. The highest BCUT2D eigenvalue weighted by Gasteiger charge is 2.10. The molecule has 98 valence electrons. The van der Waals surface area contributed by atoms with Crippen LogP contribution in [0, 0.1) is 11.8 Å². The van der Waals surface area contributed by atoms with E-state index < -0.39 is 12.6 Å². The molecule has 0 fully saturated rings. The van der Waals surface area contributed by atoms with Crippen LogP contribution in [0.4, 0.5) is 0 Å². The van der Waals surface area contributed by atoms with E-state index in [1.165, 1.54) is 0 Å². The molecule has 0 aromatic carbocycles. The molecule has 2 N–H and O–H groups in total. The number of aliphatic hydroxyl groups excluding tert-OH is 2.